The summed E-state index contributed by atoms with van der Waals surface area (Å²) in [5.74, 6) is -1.44. The van der Waals surface area contributed by atoms with E-state index in [1.807, 2.05) is 0 Å². The van der Waals surface area contributed by atoms with Gasteiger partial charge in [-0.15, -0.1) is 12.6 Å². The Morgan fingerprint density at radius 1 is 1.41 bits per heavy atom. The first-order valence-corrected chi connectivity index (χ1v) is 6.33. The van der Waals surface area contributed by atoms with Crippen LogP contribution in [0.5, 0.6) is 0 Å². The van der Waals surface area contributed by atoms with Crippen LogP contribution in [-0.2, 0) is 16.0 Å². The molecule has 1 unspecified atom stereocenters. The number of alkyl halides is 1. The minimum atomic E-state index is -1.64. The molecule has 0 saturated heterocycles. The minimum absolute atomic E-state index is 0.0823. The topological polar surface area (TPSA) is 74.6 Å². The summed E-state index contributed by atoms with van der Waals surface area (Å²) in [6, 6.07) is 4.71. The van der Waals surface area contributed by atoms with Crippen LogP contribution in [0, 0.1) is 0 Å². The molecule has 0 spiro atoms. The maximum absolute atomic E-state index is 11.3. The number of carboxylic acids is 1. The summed E-state index contributed by atoms with van der Waals surface area (Å²) in [5.41, 5.74) is 0.710. The molecule has 2 N–H and O–H groups in total. The fourth-order valence-corrected chi connectivity index (χ4v) is 1.80. The summed E-state index contributed by atoms with van der Waals surface area (Å²) in [6.45, 7) is 0. The molecule has 4 nitrogen and oxygen atoms in total. The fraction of sp³-hybridized carbons (Fsp3) is 0.273. The minimum Gasteiger partial charge on any atom is -0.479 e. The Balaban J connectivity index is 3.12. The van der Waals surface area contributed by atoms with Crippen LogP contribution in [0.4, 0.5) is 0 Å². The van der Waals surface area contributed by atoms with Crippen molar-refractivity contribution in [3.8, 4) is 0 Å². The molecule has 0 aromatic heterocycles. The van der Waals surface area contributed by atoms with Gasteiger partial charge in [0.2, 0.25) is 0 Å². The highest BCUT2D eigenvalue weighted by atomic mass is 79.9. The van der Waals surface area contributed by atoms with Gasteiger partial charge in [-0.1, -0.05) is 22.0 Å². The molecule has 0 aliphatic carbocycles. The van der Waals surface area contributed by atoms with Crippen LogP contribution in [0.25, 0.3) is 0 Å². The zero-order valence-corrected chi connectivity index (χ0v) is 11.2. The Bertz CT molecular complexity index is 447. The van der Waals surface area contributed by atoms with Crippen molar-refractivity contribution in [1.82, 2.24) is 0 Å². The zero-order valence-electron chi connectivity index (χ0n) is 8.76. The lowest BCUT2D eigenvalue weighted by molar-refractivity contribution is -0.147. The number of carbonyl (C=O) groups excluding carboxylic acids is 1. The third kappa shape index (κ3) is 3.83. The van der Waals surface area contributed by atoms with Crippen molar-refractivity contribution in [3.05, 3.63) is 29.3 Å². The molecule has 17 heavy (non-hydrogen) atoms. The molecule has 0 aliphatic rings. The number of aliphatic hydroxyl groups is 1. The Hall–Kier alpha value is -0.850. The molecule has 1 aromatic carbocycles. The number of aliphatic carboxylic acids is 1. The van der Waals surface area contributed by atoms with Gasteiger partial charge in [0.05, 0.1) is 5.33 Å². The summed E-state index contributed by atoms with van der Waals surface area (Å²) in [7, 11) is 0. The number of thiol groups is 1. The second kappa shape index (κ2) is 6.18. The van der Waals surface area contributed by atoms with E-state index in [1.54, 1.807) is 12.1 Å². The van der Waals surface area contributed by atoms with E-state index >= 15 is 0 Å². The second-order valence-electron chi connectivity index (χ2n) is 3.47. The molecule has 0 radical (unpaired) electrons. The van der Waals surface area contributed by atoms with Crippen LogP contribution in [0.2, 0.25) is 0 Å². The number of hydrogen-bond donors (Lipinski definition) is 3. The molecule has 1 aromatic rings. The van der Waals surface area contributed by atoms with Crippen LogP contribution < -0.4 is 0 Å². The molecule has 0 bridgehead atoms. The van der Waals surface area contributed by atoms with E-state index in [0.717, 1.165) is 0 Å². The summed E-state index contributed by atoms with van der Waals surface area (Å²) in [5, 5.41) is 18.5. The van der Waals surface area contributed by atoms with Gasteiger partial charge >= 0.3 is 5.97 Å². The van der Waals surface area contributed by atoms with Crippen molar-refractivity contribution in [2.75, 3.05) is 5.33 Å². The van der Waals surface area contributed by atoms with Crippen molar-refractivity contribution in [1.29, 1.82) is 0 Å². The van der Waals surface area contributed by atoms with E-state index in [4.69, 9.17) is 5.11 Å². The first kappa shape index (κ1) is 14.2. The molecule has 0 saturated carbocycles. The Kier molecular flexibility index (Phi) is 5.17. The highest BCUT2D eigenvalue weighted by molar-refractivity contribution is 9.09. The van der Waals surface area contributed by atoms with Crippen LogP contribution in [0.3, 0.4) is 0 Å². The summed E-state index contributed by atoms with van der Waals surface area (Å²) in [6.07, 6.45) is -1.56. The van der Waals surface area contributed by atoms with Crippen molar-refractivity contribution < 1.29 is 19.8 Å². The third-order valence-corrected chi connectivity index (χ3v) is 3.10. The Labute approximate surface area is 112 Å². The summed E-state index contributed by atoms with van der Waals surface area (Å²) >= 11 is 7.11. The number of ketones is 1. The van der Waals surface area contributed by atoms with Crippen molar-refractivity contribution >= 4 is 40.3 Å². The van der Waals surface area contributed by atoms with Crippen molar-refractivity contribution in [2.24, 2.45) is 0 Å². The average Bonchev–Trinajstić information content (AvgIpc) is 2.30. The number of halogens is 1. The predicted octanol–water partition coefficient (Wildman–Crippen LogP) is 1.60. The van der Waals surface area contributed by atoms with Crippen LogP contribution in [0.15, 0.2) is 23.1 Å². The van der Waals surface area contributed by atoms with Gasteiger partial charge in [0, 0.05) is 11.3 Å². The van der Waals surface area contributed by atoms with Gasteiger partial charge in [0.15, 0.2) is 6.10 Å². The molecule has 92 valence electrons. The summed E-state index contributed by atoms with van der Waals surface area (Å²) < 4.78 is 0. The molecule has 0 amide bonds. The van der Waals surface area contributed by atoms with E-state index in [-0.39, 0.29) is 23.1 Å². The fourth-order valence-electron chi connectivity index (χ4n) is 1.39. The lowest BCUT2D eigenvalue weighted by Crippen LogP contribution is -2.15. The number of carbonyl (C=O) groups is 2. The number of Topliss-reactive ketones (excluding diaryl/α,β-unsaturated/α-hetero) is 1. The van der Waals surface area contributed by atoms with Crippen LogP contribution in [0.1, 0.15) is 17.2 Å². The standard InChI is InChI=1S/C11H11BrO4S/c12-5-7(13)3-6-1-2-8(17)4-9(6)10(14)11(15)16/h1-2,4,10,14,17H,3,5H2,(H,15,16). The van der Waals surface area contributed by atoms with Gasteiger partial charge in [0.25, 0.3) is 0 Å². The Morgan fingerprint density at radius 3 is 2.59 bits per heavy atom. The van der Waals surface area contributed by atoms with Gasteiger partial charge in [-0.05, 0) is 23.3 Å². The van der Waals surface area contributed by atoms with Gasteiger partial charge in [0.1, 0.15) is 5.78 Å². The van der Waals surface area contributed by atoms with Gasteiger partial charge in [-0.3, -0.25) is 4.79 Å². The molecular weight excluding hydrogens is 308 g/mol. The SMILES string of the molecule is O=C(CBr)Cc1ccc(S)cc1C(O)C(=O)O. The largest absolute Gasteiger partial charge is 0.479 e. The van der Waals surface area contributed by atoms with Gasteiger partial charge < -0.3 is 10.2 Å². The molecule has 0 fully saturated rings. The molecule has 0 aliphatic heterocycles. The predicted molar refractivity (Wildman–Crippen MR) is 68.8 cm³/mol. The van der Waals surface area contributed by atoms with E-state index < -0.39 is 12.1 Å². The number of benzene rings is 1. The van der Waals surface area contributed by atoms with Crippen LogP contribution >= 0.6 is 28.6 Å². The second-order valence-corrected chi connectivity index (χ2v) is 4.55. The van der Waals surface area contributed by atoms with Crippen molar-refractivity contribution in [2.45, 2.75) is 17.4 Å². The van der Waals surface area contributed by atoms with E-state index in [1.165, 1.54) is 6.07 Å². The smallest absolute Gasteiger partial charge is 0.337 e. The van der Waals surface area contributed by atoms with E-state index in [2.05, 4.69) is 28.6 Å². The summed E-state index contributed by atoms with van der Waals surface area (Å²) in [4.78, 5) is 22.6. The number of carboxylic acid groups (broad SMARTS) is 1. The molecule has 6 heteroatoms. The Morgan fingerprint density at radius 2 is 2.06 bits per heavy atom. The maximum atomic E-state index is 11.3. The van der Waals surface area contributed by atoms with Gasteiger partial charge in [-0.25, -0.2) is 4.79 Å². The van der Waals surface area contributed by atoms with E-state index in [0.29, 0.717) is 10.5 Å². The average molecular weight is 319 g/mol. The highest BCUT2D eigenvalue weighted by Crippen LogP contribution is 2.22. The molecule has 0 heterocycles. The maximum Gasteiger partial charge on any atom is 0.337 e. The normalized spacial score (nSPS) is 12.2. The monoisotopic (exact) mass is 318 g/mol. The van der Waals surface area contributed by atoms with E-state index in [9.17, 15) is 14.7 Å². The quantitative estimate of drug-likeness (QED) is 0.569. The van der Waals surface area contributed by atoms with Gasteiger partial charge in [-0.2, -0.15) is 0 Å². The lowest BCUT2D eigenvalue weighted by atomic mass is 9.98. The van der Waals surface area contributed by atoms with Crippen LogP contribution in [-0.4, -0.2) is 27.3 Å². The first-order chi connectivity index (χ1) is 7.95. The molecular formula is C11H11BrO4S. The number of rotatable bonds is 5. The highest BCUT2D eigenvalue weighted by Gasteiger charge is 2.20. The zero-order chi connectivity index (χ0) is 13.0. The first-order valence-electron chi connectivity index (χ1n) is 4.76. The number of hydrogen-bond acceptors (Lipinski definition) is 4. The number of aliphatic hydroxyl groups excluding tert-OH is 1. The lowest BCUT2D eigenvalue weighted by Gasteiger charge is -2.12. The van der Waals surface area contributed by atoms with Crippen molar-refractivity contribution in [3.63, 3.8) is 0 Å². The third-order valence-electron chi connectivity index (χ3n) is 2.19. The molecule has 1 atom stereocenters. The molecule has 1 rings (SSSR count).